The number of hydrogen-bond acceptors (Lipinski definition) is 4. The van der Waals surface area contributed by atoms with E-state index in [2.05, 4.69) is 11.1 Å². The molecule has 1 amide bonds. The number of nitrogens with zero attached hydrogens (tertiary/aromatic N) is 2. The van der Waals surface area contributed by atoms with Crippen molar-refractivity contribution in [2.24, 2.45) is 0 Å². The molecule has 6 heteroatoms. The molecule has 1 aliphatic carbocycles. The first-order valence-corrected chi connectivity index (χ1v) is 7.35. The molecule has 0 aromatic carbocycles. The first-order chi connectivity index (χ1) is 9.59. The fourth-order valence-electron chi connectivity index (χ4n) is 2.01. The Hall–Kier alpha value is -1.82. The Labute approximate surface area is 121 Å². The normalized spacial score (nSPS) is 13.9. The quantitative estimate of drug-likeness (QED) is 0.844. The molecule has 20 heavy (non-hydrogen) atoms. The van der Waals surface area contributed by atoms with Gasteiger partial charge in [-0.3, -0.25) is 4.79 Å². The molecule has 0 unspecified atom stereocenters. The SMILES string of the molecule is CN(C(=O)CSc1ncccc1C(=O)O)C1=CCCC1. The van der Waals surface area contributed by atoms with Gasteiger partial charge in [0.15, 0.2) is 0 Å². The number of carboxylic acids is 1. The molecule has 0 saturated carbocycles. The third-order valence-corrected chi connectivity index (χ3v) is 4.15. The van der Waals surface area contributed by atoms with Crippen molar-refractivity contribution in [2.75, 3.05) is 12.8 Å². The summed E-state index contributed by atoms with van der Waals surface area (Å²) in [5.74, 6) is -0.879. The van der Waals surface area contributed by atoms with E-state index in [0.717, 1.165) is 36.7 Å². The van der Waals surface area contributed by atoms with Crippen LogP contribution < -0.4 is 0 Å². The Kier molecular flexibility index (Phi) is 4.79. The van der Waals surface area contributed by atoms with Crippen molar-refractivity contribution in [1.29, 1.82) is 0 Å². The van der Waals surface area contributed by atoms with Gasteiger partial charge in [0.2, 0.25) is 5.91 Å². The van der Waals surface area contributed by atoms with Crippen LogP contribution in [0.1, 0.15) is 29.6 Å². The van der Waals surface area contributed by atoms with Gasteiger partial charge >= 0.3 is 5.97 Å². The second kappa shape index (κ2) is 6.56. The van der Waals surface area contributed by atoms with Gasteiger partial charge in [-0.25, -0.2) is 9.78 Å². The Balaban J connectivity index is 1.98. The van der Waals surface area contributed by atoms with E-state index in [4.69, 9.17) is 5.11 Å². The summed E-state index contributed by atoms with van der Waals surface area (Å²) in [4.78, 5) is 28.8. The lowest BCUT2D eigenvalue weighted by atomic mass is 10.3. The van der Waals surface area contributed by atoms with Gasteiger partial charge in [-0.15, -0.1) is 0 Å². The maximum atomic E-state index is 12.1. The average molecular weight is 292 g/mol. The smallest absolute Gasteiger partial charge is 0.338 e. The molecule has 0 atom stereocenters. The van der Waals surface area contributed by atoms with Crippen LogP contribution in [0.15, 0.2) is 35.1 Å². The number of hydrogen-bond donors (Lipinski definition) is 1. The van der Waals surface area contributed by atoms with E-state index in [9.17, 15) is 9.59 Å². The third-order valence-electron chi connectivity index (χ3n) is 3.16. The lowest BCUT2D eigenvalue weighted by molar-refractivity contribution is -0.125. The number of amides is 1. The lowest BCUT2D eigenvalue weighted by Gasteiger charge is -2.18. The summed E-state index contributed by atoms with van der Waals surface area (Å²) in [5.41, 5.74) is 1.18. The van der Waals surface area contributed by atoms with Crippen molar-refractivity contribution < 1.29 is 14.7 Å². The Morgan fingerprint density at radius 2 is 2.30 bits per heavy atom. The number of aromatic carboxylic acids is 1. The summed E-state index contributed by atoms with van der Waals surface area (Å²) < 4.78 is 0. The van der Waals surface area contributed by atoms with Gasteiger partial charge in [0.05, 0.1) is 11.3 Å². The molecule has 2 rings (SSSR count). The van der Waals surface area contributed by atoms with Gasteiger partial charge in [0, 0.05) is 18.9 Å². The zero-order valence-corrected chi connectivity index (χ0v) is 12.0. The number of rotatable bonds is 5. The summed E-state index contributed by atoms with van der Waals surface area (Å²) in [6, 6.07) is 3.07. The molecule has 0 spiro atoms. The van der Waals surface area contributed by atoms with E-state index < -0.39 is 5.97 Å². The Morgan fingerprint density at radius 3 is 2.95 bits per heavy atom. The molecule has 106 valence electrons. The molecular formula is C14H16N2O3S. The third kappa shape index (κ3) is 3.39. The Bertz CT molecular complexity index is 557. The molecule has 1 N–H and O–H groups in total. The van der Waals surface area contributed by atoms with Crippen molar-refractivity contribution in [3.8, 4) is 0 Å². The summed E-state index contributed by atoms with van der Waals surface area (Å²) in [7, 11) is 1.76. The topological polar surface area (TPSA) is 70.5 Å². The number of carbonyl (C=O) groups is 2. The van der Waals surface area contributed by atoms with E-state index in [1.54, 1.807) is 18.0 Å². The van der Waals surface area contributed by atoms with E-state index >= 15 is 0 Å². The number of pyridine rings is 1. The number of allylic oxidation sites excluding steroid dienone is 2. The van der Waals surface area contributed by atoms with Gasteiger partial charge in [0.25, 0.3) is 0 Å². The van der Waals surface area contributed by atoms with Gasteiger partial charge < -0.3 is 10.0 Å². The molecule has 1 heterocycles. The second-order valence-corrected chi connectivity index (χ2v) is 5.45. The maximum Gasteiger partial charge on any atom is 0.338 e. The number of aromatic nitrogens is 1. The van der Waals surface area contributed by atoms with Gasteiger partial charge in [0.1, 0.15) is 5.03 Å². The van der Waals surface area contributed by atoms with Gasteiger partial charge in [-0.2, -0.15) is 0 Å². The molecular weight excluding hydrogens is 276 g/mol. The van der Waals surface area contributed by atoms with Crippen LogP contribution in [0.4, 0.5) is 0 Å². The molecule has 1 aliphatic rings. The molecule has 5 nitrogen and oxygen atoms in total. The molecule has 1 aromatic rings. The number of carboxylic acid groups (broad SMARTS) is 1. The van der Waals surface area contributed by atoms with E-state index in [-0.39, 0.29) is 17.2 Å². The van der Waals surface area contributed by atoms with E-state index in [0.29, 0.717) is 5.03 Å². The van der Waals surface area contributed by atoms with Crippen LogP contribution in [0.5, 0.6) is 0 Å². The highest BCUT2D eigenvalue weighted by molar-refractivity contribution is 8.00. The van der Waals surface area contributed by atoms with Gasteiger partial charge in [-0.05, 0) is 31.4 Å². The minimum Gasteiger partial charge on any atom is -0.478 e. The molecule has 0 aliphatic heterocycles. The van der Waals surface area contributed by atoms with Crippen molar-refractivity contribution in [3.05, 3.63) is 35.7 Å². The summed E-state index contributed by atoms with van der Waals surface area (Å²) >= 11 is 1.16. The lowest BCUT2D eigenvalue weighted by Crippen LogP contribution is -2.27. The monoisotopic (exact) mass is 292 g/mol. The summed E-state index contributed by atoms with van der Waals surface area (Å²) in [6.07, 6.45) is 6.64. The summed E-state index contributed by atoms with van der Waals surface area (Å²) in [6.45, 7) is 0. The maximum absolute atomic E-state index is 12.1. The van der Waals surface area contributed by atoms with Crippen LogP contribution >= 0.6 is 11.8 Å². The predicted molar refractivity (Wildman–Crippen MR) is 76.6 cm³/mol. The summed E-state index contributed by atoms with van der Waals surface area (Å²) in [5, 5.41) is 9.43. The molecule has 0 fully saturated rings. The average Bonchev–Trinajstić information content (AvgIpc) is 2.98. The first kappa shape index (κ1) is 14.6. The van der Waals surface area contributed by atoms with E-state index in [1.807, 2.05) is 0 Å². The highest BCUT2D eigenvalue weighted by Gasteiger charge is 2.18. The first-order valence-electron chi connectivity index (χ1n) is 6.36. The fourth-order valence-corrected chi connectivity index (χ4v) is 2.91. The van der Waals surface area contributed by atoms with Crippen molar-refractivity contribution in [3.63, 3.8) is 0 Å². The molecule has 1 aromatic heterocycles. The van der Waals surface area contributed by atoms with Gasteiger partial charge in [-0.1, -0.05) is 17.8 Å². The highest BCUT2D eigenvalue weighted by atomic mass is 32.2. The molecule has 0 radical (unpaired) electrons. The number of thioether (sulfide) groups is 1. The predicted octanol–water partition coefficient (Wildman–Crippen LogP) is 2.40. The van der Waals surface area contributed by atoms with Crippen LogP contribution in [0.25, 0.3) is 0 Å². The minimum absolute atomic E-state index is 0.0369. The van der Waals surface area contributed by atoms with Crippen LogP contribution in [0, 0.1) is 0 Å². The Morgan fingerprint density at radius 1 is 1.50 bits per heavy atom. The zero-order chi connectivity index (χ0) is 14.5. The largest absolute Gasteiger partial charge is 0.478 e. The number of carbonyl (C=O) groups excluding carboxylic acids is 1. The van der Waals surface area contributed by atoms with Crippen molar-refractivity contribution in [2.45, 2.75) is 24.3 Å². The van der Waals surface area contributed by atoms with Crippen molar-refractivity contribution >= 4 is 23.6 Å². The standard InChI is InChI=1S/C14H16N2O3S/c1-16(10-5-2-3-6-10)12(17)9-20-13-11(14(18)19)7-4-8-15-13/h4-5,7-8H,2-3,6,9H2,1H3,(H,18,19). The van der Waals surface area contributed by atoms with Crippen molar-refractivity contribution in [1.82, 2.24) is 9.88 Å². The second-order valence-electron chi connectivity index (χ2n) is 4.49. The highest BCUT2D eigenvalue weighted by Crippen LogP contribution is 2.23. The molecule has 0 bridgehead atoms. The van der Waals surface area contributed by atoms with Crippen LogP contribution in [0.3, 0.4) is 0 Å². The fraction of sp³-hybridized carbons (Fsp3) is 0.357. The van der Waals surface area contributed by atoms with Crippen LogP contribution in [-0.2, 0) is 4.79 Å². The van der Waals surface area contributed by atoms with Crippen LogP contribution in [-0.4, -0.2) is 39.7 Å². The minimum atomic E-state index is -1.03. The van der Waals surface area contributed by atoms with E-state index in [1.165, 1.54) is 12.3 Å². The zero-order valence-electron chi connectivity index (χ0n) is 11.2. The molecule has 0 saturated heterocycles. The van der Waals surface area contributed by atoms with Crippen LogP contribution in [0.2, 0.25) is 0 Å².